The van der Waals surface area contributed by atoms with Crippen LogP contribution in [-0.4, -0.2) is 15.8 Å². The van der Waals surface area contributed by atoms with Gasteiger partial charge in [-0.15, -0.1) is 0 Å². The molecule has 2 aromatic rings. The molecule has 1 N–H and O–H groups in total. The molecule has 0 bridgehead atoms. The molecular formula is C15H14BrFN2O. The normalized spacial score (nSPS) is 22.9. The zero-order valence-electron chi connectivity index (χ0n) is 10.8. The predicted octanol–water partition coefficient (Wildman–Crippen LogP) is 3.89. The summed E-state index contributed by atoms with van der Waals surface area (Å²) in [6, 6.07) is 5.17. The van der Waals surface area contributed by atoms with E-state index in [4.69, 9.17) is 5.26 Å². The maximum absolute atomic E-state index is 13.8. The second-order valence-electron chi connectivity index (χ2n) is 5.31. The van der Waals surface area contributed by atoms with Crippen LogP contribution in [0.1, 0.15) is 37.3 Å². The fraction of sp³-hybridized carbons (Fsp3) is 0.400. The van der Waals surface area contributed by atoms with E-state index in [1.54, 1.807) is 6.07 Å². The van der Waals surface area contributed by atoms with Gasteiger partial charge in [0.15, 0.2) is 0 Å². The van der Waals surface area contributed by atoms with Gasteiger partial charge in [-0.25, -0.2) is 4.39 Å². The van der Waals surface area contributed by atoms with Crippen molar-refractivity contribution in [1.82, 2.24) is 4.57 Å². The maximum atomic E-state index is 13.8. The molecule has 0 aliphatic heterocycles. The van der Waals surface area contributed by atoms with Gasteiger partial charge in [-0.05, 0) is 53.7 Å². The van der Waals surface area contributed by atoms with E-state index < -0.39 is 5.82 Å². The summed E-state index contributed by atoms with van der Waals surface area (Å²) in [5, 5.41) is 19.4. The van der Waals surface area contributed by atoms with Gasteiger partial charge in [0.1, 0.15) is 11.9 Å². The molecule has 0 saturated heterocycles. The van der Waals surface area contributed by atoms with Crippen molar-refractivity contribution < 1.29 is 9.50 Å². The number of hydrogen-bond donors (Lipinski definition) is 1. The molecule has 0 radical (unpaired) electrons. The van der Waals surface area contributed by atoms with Gasteiger partial charge in [0.05, 0.1) is 17.2 Å². The number of nitriles is 1. The summed E-state index contributed by atoms with van der Waals surface area (Å²) in [5.41, 5.74) is 0.866. The summed E-state index contributed by atoms with van der Waals surface area (Å²) >= 11 is 3.48. The molecule has 0 unspecified atom stereocenters. The highest BCUT2D eigenvalue weighted by atomic mass is 79.9. The number of aliphatic hydroxyl groups excluding tert-OH is 1. The number of fused-ring (bicyclic) bond motifs is 1. The molecule has 3 nitrogen and oxygen atoms in total. The number of rotatable bonds is 1. The first-order valence-electron chi connectivity index (χ1n) is 6.68. The highest BCUT2D eigenvalue weighted by molar-refractivity contribution is 9.10. The van der Waals surface area contributed by atoms with E-state index in [1.807, 2.05) is 12.3 Å². The van der Waals surface area contributed by atoms with Crippen molar-refractivity contribution in [2.45, 2.75) is 37.8 Å². The second-order valence-corrected chi connectivity index (χ2v) is 6.16. The van der Waals surface area contributed by atoms with E-state index >= 15 is 0 Å². The standard InChI is InChI=1S/C15H14BrFN2O/c16-13-8-19(10-1-3-11(20)4-2-10)15-6-14(17)9(7-18)5-12(13)15/h5-6,8,10-11,20H,1-4H2/t10-,11-. The van der Waals surface area contributed by atoms with Gasteiger partial charge in [-0.2, -0.15) is 5.26 Å². The van der Waals surface area contributed by atoms with Gasteiger partial charge in [-0.3, -0.25) is 0 Å². The number of benzene rings is 1. The lowest BCUT2D eigenvalue weighted by Crippen LogP contribution is -2.20. The molecule has 104 valence electrons. The van der Waals surface area contributed by atoms with Crippen LogP contribution in [0.25, 0.3) is 10.9 Å². The van der Waals surface area contributed by atoms with Gasteiger partial charge < -0.3 is 9.67 Å². The van der Waals surface area contributed by atoms with Gasteiger partial charge in [0.2, 0.25) is 0 Å². The van der Waals surface area contributed by atoms with Crippen molar-refractivity contribution in [3.05, 3.63) is 34.2 Å². The van der Waals surface area contributed by atoms with Crippen molar-refractivity contribution in [2.75, 3.05) is 0 Å². The third-order valence-electron chi connectivity index (χ3n) is 4.05. The van der Waals surface area contributed by atoms with Gasteiger partial charge in [0.25, 0.3) is 0 Å². The Morgan fingerprint density at radius 3 is 2.65 bits per heavy atom. The van der Waals surface area contributed by atoms with Crippen molar-refractivity contribution in [1.29, 1.82) is 5.26 Å². The lowest BCUT2D eigenvalue weighted by atomic mass is 9.93. The summed E-state index contributed by atoms with van der Waals surface area (Å²) in [5.74, 6) is -0.484. The molecule has 20 heavy (non-hydrogen) atoms. The molecule has 1 aliphatic carbocycles. The van der Waals surface area contributed by atoms with Crippen LogP contribution >= 0.6 is 15.9 Å². The van der Waals surface area contributed by atoms with Crippen molar-refractivity contribution in [3.8, 4) is 6.07 Å². The fourth-order valence-electron chi connectivity index (χ4n) is 2.95. The predicted molar refractivity (Wildman–Crippen MR) is 77.8 cm³/mol. The summed E-state index contributed by atoms with van der Waals surface area (Å²) in [4.78, 5) is 0. The average molecular weight is 337 g/mol. The highest BCUT2D eigenvalue weighted by Crippen LogP contribution is 2.36. The molecule has 1 saturated carbocycles. The summed E-state index contributed by atoms with van der Waals surface area (Å²) in [6.45, 7) is 0. The minimum Gasteiger partial charge on any atom is -0.393 e. The summed E-state index contributed by atoms with van der Waals surface area (Å²) in [7, 11) is 0. The molecule has 3 rings (SSSR count). The van der Waals surface area contributed by atoms with Crippen molar-refractivity contribution in [3.63, 3.8) is 0 Å². The second kappa shape index (κ2) is 5.19. The number of halogens is 2. The zero-order valence-corrected chi connectivity index (χ0v) is 12.4. The molecule has 5 heteroatoms. The Labute approximate surface area is 124 Å². The van der Waals surface area contributed by atoms with Crippen molar-refractivity contribution in [2.24, 2.45) is 0 Å². The van der Waals surface area contributed by atoms with E-state index in [9.17, 15) is 9.50 Å². The van der Waals surface area contributed by atoms with E-state index in [-0.39, 0.29) is 17.7 Å². The fourth-order valence-corrected chi connectivity index (χ4v) is 3.49. The number of aromatic nitrogens is 1. The van der Waals surface area contributed by atoms with Crippen LogP contribution in [0.2, 0.25) is 0 Å². The Morgan fingerprint density at radius 1 is 1.30 bits per heavy atom. The molecule has 1 aliphatic rings. The van der Waals surface area contributed by atoms with E-state index in [0.29, 0.717) is 0 Å². The smallest absolute Gasteiger partial charge is 0.143 e. The van der Waals surface area contributed by atoms with Crippen LogP contribution < -0.4 is 0 Å². The van der Waals surface area contributed by atoms with Gasteiger partial charge >= 0.3 is 0 Å². The van der Waals surface area contributed by atoms with Crippen LogP contribution in [0.4, 0.5) is 4.39 Å². The summed E-state index contributed by atoms with van der Waals surface area (Å²) < 4.78 is 16.8. The Hall–Kier alpha value is -1.38. The van der Waals surface area contributed by atoms with Crippen LogP contribution in [0.3, 0.4) is 0 Å². The maximum Gasteiger partial charge on any atom is 0.143 e. The Balaban J connectivity index is 2.08. The average Bonchev–Trinajstić information content (AvgIpc) is 2.75. The number of nitrogens with zero attached hydrogens (tertiary/aromatic N) is 2. The Morgan fingerprint density at radius 2 is 2.00 bits per heavy atom. The number of hydrogen-bond acceptors (Lipinski definition) is 2. The molecular weight excluding hydrogens is 323 g/mol. The first-order valence-corrected chi connectivity index (χ1v) is 7.47. The SMILES string of the molecule is N#Cc1cc2c(Br)cn([C@H]3CC[C@H](O)CC3)c2cc1F. The minimum atomic E-state index is -0.484. The minimum absolute atomic E-state index is 0.0648. The Kier molecular flexibility index (Phi) is 3.53. The van der Waals surface area contributed by atoms with Crippen LogP contribution in [0.5, 0.6) is 0 Å². The zero-order chi connectivity index (χ0) is 14.3. The molecule has 1 heterocycles. The molecule has 1 aromatic heterocycles. The number of aliphatic hydroxyl groups is 1. The highest BCUT2D eigenvalue weighted by Gasteiger charge is 2.23. The van der Waals surface area contributed by atoms with Crippen LogP contribution in [-0.2, 0) is 0 Å². The topological polar surface area (TPSA) is 49.0 Å². The van der Waals surface area contributed by atoms with Crippen LogP contribution in [0.15, 0.2) is 22.8 Å². The van der Waals surface area contributed by atoms with E-state index in [2.05, 4.69) is 20.5 Å². The third kappa shape index (κ3) is 2.23. The molecule has 0 amide bonds. The van der Waals surface area contributed by atoms with E-state index in [0.717, 1.165) is 41.1 Å². The lowest BCUT2D eigenvalue weighted by Gasteiger charge is -2.27. The van der Waals surface area contributed by atoms with Gasteiger partial charge in [-0.1, -0.05) is 0 Å². The molecule has 0 atom stereocenters. The summed E-state index contributed by atoms with van der Waals surface area (Å²) in [6.07, 6.45) is 5.08. The lowest BCUT2D eigenvalue weighted by molar-refractivity contribution is 0.111. The van der Waals surface area contributed by atoms with Gasteiger partial charge in [0, 0.05) is 22.1 Å². The van der Waals surface area contributed by atoms with Crippen molar-refractivity contribution >= 4 is 26.8 Å². The Bertz CT molecular complexity index is 696. The first-order chi connectivity index (χ1) is 9.60. The molecule has 1 aromatic carbocycles. The quantitative estimate of drug-likeness (QED) is 0.858. The third-order valence-corrected chi connectivity index (χ3v) is 4.69. The first kappa shape index (κ1) is 13.6. The molecule has 1 fully saturated rings. The monoisotopic (exact) mass is 336 g/mol. The largest absolute Gasteiger partial charge is 0.393 e. The molecule has 0 spiro atoms. The van der Waals surface area contributed by atoms with E-state index in [1.165, 1.54) is 6.07 Å². The van der Waals surface area contributed by atoms with Crippen LogP contribution in [0, 0.1) is 17.1 Å².